The van der Waals surface area contributed by atoms with E-state index in [0.29, 0.717) is 23.7 Å². The van der Waals surface area contributed by atoms with Crippen molar-refractivity contribution in [3.8, 4) is 6.07 Å². The van der Waals surface area contributed by atoms with Crippen LogP contribution in [-0.4, -0.2) is 29.1 Å². The molecule has 1 aromatic carbocycles. The Bertz CT molecular complexity index is 680. The molecule has 1 aliphatic rings. The predicted molar refractivity (Wildman–Crippen MR) is 82.0 cm³/mol. The average Bonchev–Trinajstić information content (AvgIpc) is 2.56. The summed E-state index contributed by atoms with van der Waals surface area (Å²) in [6.07, 6.45) is 4.97. The fraction of sp³-hybridized carbons (Fsp3) is 0.312. The Hall–Kier alpha value is -2.68. The van der Waals surface area contributed by atoms with E-state index in [0.717, 1.165) is 19.4 Å². The number of nitriles is 1. The Labute approximate surface area is 128 Å². The molecule has 0 saturated carbocycles. The third-order valence-electron chi connectivity index (χ3n) is 3.73. The van der Waals surface area contributed by atoms with Gasteiger partial charge in [0.05, 0.1) is 18.1 Å². The number of hydrogen-bond donors (Lipinski definition) is 1. The minimum absolute atomic E-state index is 0.176. The second-order valence-corrected chi connectivity index (χ2v) is 5.28. The molecule has 2 heterocycles. The van der Waals surface area contributed by atoms with Crippen molar-refractivity contribution in [2.24, 2.45) is 0 Å². The van der Waals surface area contributed by atoms with E-state index in [4.69, 9.17) is 5.26 Å². The van der Waals surface area contributed by atoms with Gasteiger partial charge >= 0.3 is 0 Å². The number of halogens is 1. The van der Waals surface area contributed by atoms with Gasteiger partial charge in [-0.15, -0.1) is 0 Å². The Morgan fingerprint density at radius 2 is 2.14 bits per heavy atom. The first kappa shape index (κ1) is 14.3. The number of rotatable bonds is 3. The standard InChI is InChI=1S/C16H16FN5/c17-14-5-1-2-6-15(14)22-7-3-4-12(11-22)21-16-10-19-13(8-18)9-20-16/h1-2,5-6,9-10,12H,3-4,7,11H2,(H,20,21)/t12-/m1/s1. The Kier molecular flexibility index (Phi) is 4.15. The maximum atomic E-state index is 13.9. The fourth-order valence-corrected chi connectivity index (χ4v) is 2.69. The zero-order valence-corrected chi connectivity index (χ0v) is 12.0. The molecular weight excluding hydrogens is 281 g/mol. The number of nitrogens with one attached hydrogen (secondary N) is 1. The molecule has 1 aliphatic heterocycles. The third-order valence-corrected chi connectivity index (χ3v) is 3.73. The van der Waals surface area contributed by atoms with E-state index in [1.807, 2.05) is 17.0 Å². The fourth-order valence-electron chi connectivity index (χ4n) is 2.69. The summed E-state index contributed by atoms with van der Waals surface area (Å²) in [5.41, 5.74) is 0.932. The zero-order valence-electron chi connectivity index (χ0n) is 12.0. The number of nitrogens with zero attached hydrogens (tertiary/aromatic N) is 4. The molecule has 3 rings (SSSR count). The first-order chi connectivity index (χ1) is 10.8. The van der Waals surface area contributed by atoms with Gasteiger partial charge in [-0.25, -0.2) is 14.4 Å². The molecule has 0 radical (unpaired) electrons. The average molecular weight is 297 g/mol. The number of benzene rings is 1. The third kappa shape index (κ3) is 3.14. The molecule has 1 N–H and O–H groups in total. The molecule has 0 unspecified atom stereocenters. The highest BCUT2D eigenvalue weighted by atomic mass is 19.1. The minimum atomic E-state index is -0.193. The summed E-state index contributed by atoms with van der Waals surface area (Å²) in [6, 6.07) is 8.96. The van der Waals surface area contributed by atoms with Crippen molar-refractivity contribution in [2.75, 3.05) is 23.3 Å². The van der Waals surface area contributed by atoms with Gasteiger partial charge < -0.3 is 10.2 Å². The second-order valence-electron chi connectivity index (χ2n) is 5.28. The highest BCUT2D eigenvalue weighted by molar-refractivity contribution is 5.49. The lowest BCUT2D eigenvalue weighted by Gasteiger charge is -2.35. The number of aromatic nitrogens is 2. The molecule has 2 aromatic rings. The molecule has 1 saturated heterocycles. The molecule has 112 valence electrons. The number of anilines is 2. The summed E-state index contributed by atoms with van der Waals surface area (Å²) >= 11 is 0. The van der Waals surface area contributed by atoms with Gasteiger partial charge in [-0.1, -0.05) is 12.1 Å². The van der Waals surface area contributed by atoms with E-state index >= 15 is 0 Å². The Balaban J connectivity index is 1.68. The summed E-state index contributed by atoms with van der Waals surface area (Å²) < 4.78 is 13.9. The topological polar surface area (TPSA) is 64.8 Å². The molecule has 0 spiro atoms. The molecule has 5 nitrogen and oxygen atoms in total. The molecule has 1 aromatic heterocycles. The van der Waals surface area contributed by atoms with Crippen LogP contribution < -0.4 is 10.2 Å². The zero-order chi connectivity index (χ0) is 15.4. The second kappa shape index (κ2) is 6.39. The van der Waals surface area contributed by atoms with Gasteiger partial charge in [0.25, 0.3) is 0 Å². The lowest BCUT2D eigenvalue weighted by Crippen LogP contribution is -2.42. The quantitative estimate of drug-likeness (QED) is 0.943. The van der Waals surface area contributed by atoms with E-state index in [1.165, 1.54) is 12.3 Å². The van der Waals surface area contributed by atoms with Crippen molar-refractivity contribution in [3.63, 3.8) is 0 Å². The smallest absolute Gasteiger partial charge is 0.158 e. The lowest BCUT2D eigenvalue weighted by atomic mass is 10.0. The van der Waals surface area contributed by atoms with Gasteiger partial charge in [0.2, 0.25) is 0 Å². The minimum Gasteiger partial charge on any atom is -0.367 e. The van der Waals surface area contributed by atoms with Crippen molar-refractivity contribution in [3.05, 3.63) is 48.2 Å². The SMILES string of the molecule is N#Cc1cnc(N[C@@H]2CCCN(c3ccccc3F)C2)cn1. The van der Waals surface area contributed by atoms with Crippen LogP contribution in [0.15, 0.2) is 36.7 Å². The predicted octanol–water partition coefficient (Wildman–Crippen LogP) is 2.57. The highest BCUT2D eigenvalue weighted by Gasteiger charge is 2.22. The van der Waals surface area contributed by atoms with E-state index in [-0.39, 0.29) is 11.9 Å². The molecule has 0 aliphatic carbocycles. The van der Waals surface area contributed by atoms with Crippen LogP contribution >= 0.6 is 0 Å². The normalized spacial score (nSPS) is 17.8. The van der Waals surface area contributed by atoms with Crippen molar-refractivity contribution >= 4 is 11.5 Å². The van der Waals surface area contributed by atoms with Crippen molar-refractivity contribution in [1.29, 1.82) is 5.26 Å². The first-order valence-corrected chi connectivity index (χ1v) is 7.24. The van der Waals surface area contributed by atoms with Crippen LogP contribution in [0.4, 0.5) is 15.9 Å². The monoisotopic (exact) mass is 297 g/mol. The summed E-state index contributed by atoms with van der Waals surface area (Å²) in [4.78, 5) is 10.2. The van der Waals surface area contributed by atoms with Crippen molar-refractivity contribution in [2.45, 2.75) is 18.9 Å². The van der Waals surface area contributed by atoms with Crippen molar-refractivity contribution < 1.29 is 4.39 Å². The van der Waals surface area contributed by atoms with Gasteiger partial charge in [-0.3, -0.25) is 0 Å². The van der Waals surface area contributed by atoms with Gasteiger partial charge in [-0.2, -0.15) is 5.26 Å². The molecule has 1 atom stereocenters. The molecule has 0 amide bonds. The van der Waals surface area contributed by atoms with E-state index in [2.05, 4.69) is 15.3 Å². The van der Waals surface area contributed by atoms with E-state index in [1.54, 1.807) is 18.3 Å². The molecular formula is C16H16FN5. The largest absolute Gasteiger partial charge is 0.367 e. The van der Waals surface area contributed by atoms with Crippen LogP contribution in [0.3, 0.4) is 0 Å². The van der Waals surface area contributed by atoms with Crippen LogP contribution in [0.25, 0.3) is 0 Å². The van der Waals surface area contributed by atoms with Gasteiger partial charge in [0, 0.05) is 19.1 Å². The highest BCUT2D eigenvalue weighted by Crippen LogP contribution is 2.23. The molecule has 22 heavy (non-hydrogen) atoms. The Morgan fingerprint density at radius 3 is 2.86 bits per heavy atom. The van der Waals surface area contributed by atoms with Gasteiger partial charge in [-0.05, 0) is 25.0 Å². The number of hydrogen-bond acceptors (Lipinski definition) is 5. The van der Waals surface area contributed by atoms with Crippen LogP contribution in [0.2, 0.25) is 0 Å². The maximum absolute atomic E-state index is 13.9. The van der Waals surface area contributed by atoms with E-state index in [9.17, 15) is 4.39 Å². The van der Waals surface area contributed by atoms with Crippen LogP contribution in [0.1, 0.15) is 18.5 Å². The van der Waals surface area contributed by atoms with E-state index < -0.39 is 0 Å². The van der Waals surface area contributed by atoms with Gasteiger partial charge in [0.15, 0.2) is 5.69 Å². The summed E-state index contributed by atoms with van der Waals surface area (Å²) in [7, 11) is 0. The summed E-state index contributed by atoms with van der Waals surface area (Å²) in [5, 5.41) is 12.0. The summed E-state index contributed by atoms with van der Waals surface area (Å²) in [5.74, 6) is 0.445. The Morgan fingerprint density at radius 1 is 1.27 bits per heavy atom. The number of para-hydroxylation sites is 1. The molecule has 1 fully saturated rings. The van der Waals surface area contributed by atoms with Crippen LogP contribution in [-0.2, 0) is 0 Å². The van der Waals surface area contributed by atoms with Crippen LogP contribution in [0, 0.1) is 17.1 Å². The van der Waals surface area contributed by atoms with Crippen molar-refractivity contribution in [1.82, 2.24) is 9.97 Å². The van der Waals surface area contributed by atoms with Crippen LogP contribution in [0.5, 0.6) is 0 Å². The summed E-state index contributed by atoms with van der Waals surface area (Å²) in [6.45, 7) is 1.56. The lowest BCUT2D eigenvalue weighted by molar-refractivity contribution is 0.518. The maximum Gasteiger partial charge on any atom is 0.158 e. The number of piperidine rings is 1. The molecule has 6 heteroatoms. The molecule has 0 bridgehead atoms. The van der Waals surface area contributed by atoms with Gasteiger partial charge in [0.1, 0.15) is 17.7 Å². The first-order valence-electron chi connectivity index (χ1n) is 7.24.